The van der Waals surface area contributed by atoms with E-state index in [4.69, 9.17) is 15.6 Å². The molecule has 0 aliphatic carbocycles. The molecule has 0 unspecified atom stereocenters. The number of hydrogen-bond donors (Lipinski definition) is 2. The molecule has 0 bridgehead atoms. The Bertz CT molecular complexity index is 351. The fourth-order valence-corrected chi connectivity index (χ4v) is 1.77. The van der Waals surface area contributed by atoms with Crippen molar-refractivity contribution in [2.75, 3.05) is 44.0 Å². The second-order valence-electron chi connectivity index (χ2n) is 3.92. The van der Waals surface area contributed by atoms with E-state index < -0.39 is 0 Å². The molecule has 0 amide bonds. The fourth-order valence-electron chi connectivity index (χ4n) is 1.77. The molecule has 3 N–H and O–H groups in total. The Hall–Kier alpha value is -1.27. The van der Waals surface area contributed by atoms with Gasteiger partial charge in [-0.2, -0.15) is 5.10 Å². The first-order valence-corrected chi connectivity index (χ1v) is 5.82. The van der Waals surface area contributed by atoms with Gasteiger partial charge in [-0.1, -0.05) is 6.92 Å². The van der Waals surface area contributed by atoms with Crippen LogP contribution in [0.25, 0.3) is 0 Å². The smallest absolute Gasteiger partial charge is 0.150 e. The number of hydrogen-bond acceptors (Lipinski definition) is 5. The lowest BCUT2D eigenvalue weighted by Crippen LogP contribution is -2.25. The Morgan fingerprint density at radius 3 is 2.71 bits per heavy atom. The summed E-state index contributed by atoms with van der Waals surface area (Å²) in [6.07, 6.45) is 0.828. The largest absolute Gasteiger partial charge is 0.394 e. The van der Waals surface area contributed by atoms with Crippen LogP contribution in [0.15, 0.2) is 0 Å². The fraction of sp³-hybridized carbons (Fsp3) is 0.727. The summed E-state index contributed by atoms with van der Waals surface area (Å²) in [7, 11) is 3.84. The topological polar surface area (TPSA) is 76.5 Å². The third-order valence-electron chi connectivity index (χ3n) is 2.63. The molecule has 0 saturated carbocycles. The third kappa shape index (κ3) is 3.34. The molecule has 6 heteroatoms. The van der Waals surface area contributed by atoms with E-state index in [1.165, 1.54) is 0 Å². The summed E-state index contributed by atoms with van der Waals surface area (Å²) in [4.78, 5) is 2.01. The van der Waals surface area contributed by atoms with Crippen LogP contribution in [0, 0.1) is 0 Å². The number of nitrogens with two attached hydrogens (primary N) is 1. The van der Waals surface area contributed by atoms with Crippen molar-refractivity contribution >= 4 is 11.5 Å². The van der Waals surface area contributed by atoms with Crippen molar-refractivity contribution in [3.63, 3.8) is 0 Å². The van der Waals surface area contributed by atoms with Crippen LogP contribution >= 0.6 is 0 Å². The molecule has 0 radical (unpaired) electrons. The maximum Gasteiger partial charge on any atom is 0.150 e. The van der Waals surface area contributed by atoms with E-state index in [-0.39, 0.29) is 6.61 Å². The Balaban J connectivity index is 2.62. The highest BCUT2D eigenvalue weighted by atomic mass is 16.5. The molecular weight excluding hydrogens is 220 g/mol. The van der Waals surface area contributed by atoms with Crippen molar-refractivity contribution in [3.8, 4) is 0 Å². The van der Waals surface area contributed by atoms with Crippen LogP contribution in [-0.2, 0) is 18.2 Å². The monoisotopic (exact) mass is 242 g/mol. The van der Waals surface area contributed by atoms with Gasteiger partial charge in [0.05, 0.1) is 31.2 Å². The number of aromatic nitrogens is 2. The molecule has 1 rings (SSSR count). The standard InChI is InChI=1S/C11H22N4O2/c1-4-9-10(12)11(15(3)13-9)14(2)5-7-17-8-6-16/h16H,4-8,12H2,1-3H3. The van der Waals surface area contributed by atoms with E-state index in [9.17, 15) is 0 Å². The quantitative estimate of drug-likeness (QED) is 0.659. The number of rotatable bonds is 7. The molecule has 0 aromatic carbocycles. The van der Waals surface area contributed by atoms with Crippen LogP contribution in [0.3, 0.4) is 0 Å². The molecule has 98 valence electrons. The zero-order valence-corrected chi connectivity index (χ0v) is 10.8. The summed E-state index contributed by atoms with van der Waals surface area (Å²) in [5.74, 6) is 0.912. The van der Waals surface area contributed by atoms with Gasteiger partial charge in [-0.25, -0.2) is 0 Å². The van der Waals surface area contributed by atoms with Crippen molar-refractivity contribution in [1.29, 1.82) is 0 Å². The highest BCUT2D eigenvalue weighted by Crippen LogP contribution is 2.25. The number of aliphatic hydroxyl groups excluding tert-OH is 1. The number of nitrogens with zero attached hydrogens (tertiary/aromatic N) is 3. The number of aryl methyl sites for hydroxylation is 2. The second kappa shape index (κ2) is 6.46. The van der Waals surface area contributed by atoms with Crippen molar-refractivity contribution in [3.05, 3.63) is 5.69 Å². The van der Waals surface area contributed by atoms with E-state index in [2.05, 4.69) is 5.10 Å². The van der Waals surface area contributed by atoms with E-state index in [1.54, 1.807) is 4.68 Å². The number of anilines is 2. The summed E-state index contributed by atoms with van der Waals surface area (Å²) in [6.45, 7) is 3.73. The summed E-state index contributed by atoms with van der Waals surface area (Å²) < 4.78 is 7.02. The average Bonchev–Trinajstić information content (AvgIpc) is 2.59. The third-order valence-corrected chi connectivity index (χ3v) is 2.63. The Morgan fingerprint density at radius 2 is 2.18 bits per heavy atom. The maximum atomic E-state index is 8.60. The molecule has 0 fully saturated rings. The number of nitrogen functional groups attached to an aromatic ring is 1. The number of aliphatic hydroxyl groups is 1. The number of ether oxygens (including phenoxy) is 1. The highest BCUT2D eigenvalue weighted by molar-refractivity contribution is 5.66. The first kappa shape index (κ1) is 13.8. The van der Waals surface area contributed by atoms with Gasteiger partial charge in [0.15, 0.2) is 0 Å². The van der Waals surface area contributed by atoms with Crippen LogP contribution in [0.1, 0.15) is 12.6 Å². The van der Waals surface area contributed by atoms with Gasteiger partial charge < -0.3 is 20.5 Å². The molecular formula is C11H22N4O2. The Labute approximate surface area is 102 Å². The summed E-state index contributed by atoms with van der Waals surface area (Å²) >= 11 is 0. The lowest BCUT2D eigenvalue weighted by atomic mass is 10.3. The van der Waals surface area contributed by atoms with Crippen molar-refractivity contribution < 1.29 is 9.84 Å². The summed E-state index contributed by atoms with van der Waals surface area (Å²) in [5, 5.41) is 13.0. The van der Waals surface area contributed by atoms with Crippen LogP contribution in [-0.4, -0.2) is 48.3 Å². The van der Waals surface area contributed by atoms with Crippen LogP contribution in [0.5, 0.6) is 0 Å². The van der Waals surface area contributed by atoms with Crippen LogP contribution in [0.4, 0.5) is 11.5 Å². The van der Waals surface area contributed by atoms with E-state index in [0.29, 0.717) is 19.8 Å². The molecule has 0 spiro atoms. The Kier molecular flexibility index (Phi) is 5.24. The van der Waals surface area contributed by atoms with Gasteiger partial charge in [-0.05, 0) is 6.42 Å². The van der Waals surface area contributed by atoms with Crippen molar-refractivity contribution in [1.82, 2.24) is 9.78 Å². The normalized spacial score (nSPS) is 10.8. The van der Waals surface area contributed by atoms with E-state index in [1.807, 2.05) is 25.9 Å². The van der Waals surface area contributed by atoms with Gasteiger partial charge in [0.2, 0.25) is 0 Å². The number of likely N-dealkylation sites (N-methyl/N-ethyl adjacent to an activating group) is 1. The molecule has 1 aromatic rings. The summed E-state index contributed by atoms with van der Waals surface area (Å²) in [5.41, 5.74) is 7.70. The van der Waals surface area contributed by atoms with Crippen molar-refractivity contribution in [2.24, 2.45) is 7.05 Å². The molecule has 0 aliphatic rings. The lowest BCUT2D eigenvalue weighted by Gasteiger charge is -2.19. The molecule has 17 heavy (non-hydrogen) atoms. The Morgan fingerprint density at radius 1 is 1.47 bits per heavy atom. The molecule has 0 atom stereocenters. The zero-order chi connectivity index (χ0) is 12.8. The first-order chi connectivity index (χ1) is 8.11. The van der Waals surface area contributed by atoms with Crippen LogP contribution < -0.4 is 10.6 Å². The van der Waals surface area contributed by atoms with Gasteiger partial charge in [0.1, 0.15) is 5.82 Å². The van der Waals surface area contributed by atoms with Gasteiger partial charge in [-0.15, -0.1) is 0 Å². The highest BCUT2D eigenvalue weighted by Gasteiger charge is 2.15. The SMILES string of the molecule is CCc1nn(C)c(N(C)CCOCCO)c1N. The predicted octanol–water partition coefficient (Wildman–Crippen LogP) is 0.00980. The molecule has 1 heterocycles. The van der Waals surface area contributed by atoms with Crippen molar-refractivity contribution in [2.45, 2.75) is 13.3 Å². The molecule has 1 aromatic heterocycles. The van der Waals surface area contributed by atoms with Gasteiger partial charge in [0.25, 0.3) is 0 Å². The minimum atomic E-state index is 0.0531. The molecule has 0 saturated heterocycles. The first-order valence-electron chi connectivity index (χ1n) is 5.82. The van der Waals surface area contributed by atoms with Gasteiger partial charge >= 0.3 is 0 Å². The average molecular weight is 242 g/mol. The molecule has 0 aliphatic heterocycles. The lowest BCUT2D eigenvalue weighted by molar-refractivity contribution is 0.0970. The van der Waals surface area contributed by atoms with E-state index >= 15 is 0 Å². The zero-order valence-electron chi connectivity index (χ0n) is 10.8. The van der Waals surface area contributed by atoms with Gasteiger partial charge in [-0.3, -0.25) is 4.68 Å². The summed E-state index contributed by atoms with van der Waals surface area (Å²) in [6, 6.07) is 0. The maximum absolute atomic E-state index is 8.60. The van der Waals surface area contributed by atoms with E-state index in [0.717, 1.165) is 23.6 Å². The minimum absolute atomic E-state index is 0.0531. The molecule has 6 nitrogen and oxygen atoms in total. The van der Waals surface area contributed by atoms with Gasteiger partial charge in [0, 0.05) is 20.6 Å². The van der Waals surface area contributed by atoms with Crippen LogP contribution in [0.2, 0.25) is 0 Å². The second-order valence-corrected chi connectivity index (χ2v) is 3.92. The minimum Gasteiger partial charge on any atom is -0.394 e. The predicted molar refractivity (Wildman–Crippen MR) is 68.2 cm³/mol.